The molecule has 5 rings (SSSR count). The Morgan fingerprint density at radius 3 is 2.14 bits per heavy atom. The normalized spacial score (nSPS) is 14.5. The van der Waals surface area contributed by atoms with Crippen LogP contribution >= 0.6 is 11.6 Å². The molecular weight excluding hydrogens is 687 g/mol. The van der Waals surface area contributed by atoms with Crippen molar-refractivity contribution in [2.45, 2.75) is 75.1 Å². The molecule has 4 aromatic rings. The molecule has 1 fully saturated rings. The van der Waals surface area contributed by atoms with Gasteiger partial charge in [0, 0.05) is 19.0 Å². The van der Waals surface area contributed by atoms with Crippen LogP contribution in [0.5, 0.6) is 0 Å². The summed E-state index contributed by atoms with van der Waals surface area (Å²) in [6.45, 7) is 0.934. The van der Waals surface area contributed by atoms with E-state index >= 15 is 0 Å². The molecule has 0 aliphatic heterocycles. The fourth-order valence-corrected chi connectivity index (χ4v) is 7.86. The summed E-state index contributed by atoms with van der Waals surface area (Å²) in [7, 11) is -4.59. The van der Waals surface area contributed by atoms with Crippen molar-refractivity contribution in [3.05, 3.63) is 130 Å². The molecule has 0 bridgehead atoms. The molecule has 1 atom stereocenters. The van der Waals surface area contributed by atoms with Gasteiger partial charge in [0.15, 0.2) is 0 Å². The van der Waals surface area contributed by atoms with Crippen molar-refractivity contribution in [1.29, 1.82) is 0 Å². The van der Waals surface area contributed by atoms with Crippen LogP contribution in [0.2, 0.25) is 5.02 Å². The number of alkyl halides is 3. The number of nitrogens with zero attached hydrogens (tertiary/aromatic N) is 2. The smallest absolute Gasteiger partial charge is 0.352 e. The van der Waals surface area contributed by atoms with Gasteiger partial charge in [-0.1, -0.05) is 104 Å². The fraction of sp³-hybridized carbons (Fsp3) is 0.316. The summed E-state index contributed by atoms with van der Waals surface area (Å²) in [5, 5.41) is 2.52. The molecule has 0 radical (unpaired) electrons. The standard InChI is InChI=1S/C38H39ClF3N3O4S/c1-27-13-11-12-16-29(27)25-44(35(23-28-14-5-2-6-15-28)37(47)43-30-17-7-3-8-18-30)36(46)26-45(50(48,49)32-19-9-4-10-20-32)31-21-22-34(39)33(24-31)38(40,41)42/h2,4-6,9-16,19-22,24,30,35H,3,7-8,17-18,23,25-26H2,1H3,(H,43,47)/t35-/m0/s1. The van der Waals surface area contributed by atoms with E-state index in [1.807, 2.05) is 55.5 Å². The number of anilines is 1. The zero-order chi connectivity index (χ0) is 35.9. The van der Waals surface area contributed by atoms with E-state index < -0.39 is 51.0 Å². The van der Waals surface area contributed by atoms with Gasteiger partial charge in [0.1, 0.15) is 12.6 Å². The van der Waals surface area contributed by atoms with Crippen molar-refractivity contribution >= 4 is 39.1 Å². The summed E-state index contributed by atoms with van der Waals surface area (Å²) in [5.74, 6) is -1.15. The van der Waals surface area contributed by atoms with Crippen molar-refractivity contribution in [1.82, 2.24) is 10.2 Å². The van der Waals surface area contributed by atoms with Gasteiger partial charge in [-0.3, -0.25) is 13.9 Å². The highest BCUT2D eigenvalue weighted by atomic mass is 35.5. The summed E-state index contributed by atoms with van der Waals surface area (Å²) in [6, 6.07) is 25.2. The maximum Gasteiger partial charge on any atom is 0.417 e. The van der Waals surface area contributed by atoms with E-state index in [0.29, 0.717) is 10.4 Å². The lowest BCUT2D eigenvalue weighted by Crippen LogP contribution is -2.55. The van der Waals surface area contributed by atoms with Crippen LogP contribution < -0.4 is 9.62 Å². The first-order valence-corrected chi connectivity index (χ1v) is 18.3. The number of halogens is 4. The third-order valence-corrected chi connectivity index (χ3v) is 11.1. The topological polar surface area (TPSA) is 86.8 Å². The molecule has 1 saturated carbocycles. The number of benzene rings is 4. The molecule has 2 amide bonds. The molecule has 4 aromatic carbocycles. The minimum atomic E-state index is -4.89. The molecule has 0 unspecified atom stereocenters. The molecule has 1 aliphatic carbocycles. The molecule has 1 aliphatic rings. The first-order valence-electron chi connectivity index (χ1n) is 16.5. The van der Waals surface area contributed by atoms with Crippen molar-refractivity contribution in [3.63, 3.8) is 0 Å². The Morgan fingerprint density at radius 1 is 0.880 bits per heavy atom. The number of sulfonamides is 1. The number of hydrogen-bond acceptors (Lipinski definition) is 4. The van der Waals surface area contributed by atoms with Gasteiger partial charge in [-0.15, -0.1) is 0 Å². The number of aryl methyl sites for hydroxylation is 1. The Bertz CT molecular complexity index is 1890. The SMILES string of the molecule is Cc1ccccc1CN(C(=O)CN(c1ccc(Cl)c(C(F)(F)F)c1)S(=O)(=O)c1ccccc1)[C@@H](Cc1ccccc1)C(=O)NC1CCCCC1. The predicted molar refractivity (Wildman–Crippen MR) is 188 cm³/mol. The third-order valence-electron chi connectivity index (χ3n) is 8.98. The van der Waals surface area contributed by atoms with Gasteiger partial charge in [-0.2, -0.15) is 13.2 Å². The van der Waals surface area contributed by atoms with E-state index in [2.05, 4.69) is 5.32 Å². The van der Waals surface area contributed by atoms with Crippen LogP contribution in [-0.4, -0.2) is 43.8 Å². The third kappa shape index (κ3) is 9.05. The number of rotatable bonds is 12. The second-order valence-electron chi connectivity index (χ2n) is 12.5. The van der Waals surface area contributed by atoms with Crippen LogP contribution in [0.1, 0.15) is 54.4 Å². The maximum atomic E-state index is 14.7. The highest BCUT2D eigenvalue weighted by Crippen LogP contribution is 2.38. The van der Waals surface area contributed by atoms with Crippen molar-refractivity contribution in [2.75, 3.05) is 10.8 Å². The van der Waals surface area contributed by atoms with Crippen LogP contribution in [0.25, 0.3) is 0 Å². The van der Waals surface area contributed by atoms with E-state index in [4.69, 9.17) is 11.6 Å². The van der Waals surface area contributed by atoms with Gasteiger partial charge in [0.2, 0.25) is 11.8 Å². The van der Waals surface area contributed by atoms with Gasteiger partial charge >= 0.3 is 6.18 Å². The zero-order valence-electron chi connectivity index (χ0n) is 27.6. The second-order valence-corrected chi connectivity index (χ2v) is 14.8. The molecule has 0 heterocycles. The van der Waals surface area contributed by atoms with Gasteiger partial charge in [-0.25, -0.2) is 8.42 Å². The molecule has 0 saturated heterocycles. The summed E-state index contributed by atoms with van der Waals surface area (Å²) in [4.78, 5) is 30.0. The molecule has 7 nitrogen and oxygen atoms in total. The average Bonchev–Trinajstić information content (AvgIpc) is 3.10. The van der Waals surface area contributed by atoms with Crippen LogP contribution in [0, 0.1) is 6.92 Å². The first-order chi connectivity index (χ1) is 23.8. The molecule has 0 spiro atoms. The van der Waals surface area contributed by atoms with E-state index in [-0.39, 0.29) is 29.8 Å². The van der Waals surface area contributed by atoms with E-state index in [1.54, 1.807) is 12.1 Å². The summed E-state index contributed by atoms with van der Waals surface area (Å²) < 4.78 is 71.0. The largest absolute Gasteiger partial charge is 0.417 e. The van der Waals surface area contributed by atoms with E-state index in [0.717, 1.165) is 60.9 Å². The lowest BCUT2D eigenvalue weighted by atomic mass is 9.94. The number of carbonyl (C=O) groups is 2. The Morgan fingerprint density at radius 2 is 1.50 bits per heavy atom. The Balaban J connectivity index is 1.61. The second kappa shape index (κ2) is 16.1. The van der Waals surface area contributed by atoms with Gasteiger partial charge in [-0.05, 0) is 66.8 Å². The van der Waals surface area contributed by atoms with Crippen molar-refractivity contribution in [3.8, 4) is 0 Å². The van der Waals surface area contributed by atoms with Gasteiger partial charge in [0.05, 0.1) is 21.2 Å². The molecule has 1 N–H and O–H groups in total. The van der Waals surface area contributed by atoms with Crippen LogP contribution in [0.3, 0.4) is 0 Å². The number of carbonyl (C=O) groups excluding carboxylic acids is 2. The number of amides is 2. The van der Waals surface area contributed by atoms with E-state index in [1.165, 1.54) is 29.2 Å². The average molecular weight is 726 g/mol. The van der Waals surface area contributed by atoms with Crippen LogP contribution in [0.4, 0.5) is 18.9 Å². The molecule has 264 valence electrons. The first kappa shape index (κ1) is 36.9. The Labute approximate surface area is 296 Å². The Hall–Kier alpha value is -4.35. The number of nitrogens with one attached hydrogen (secondary N) is 1. The molecule has 12 heteroatoms. The Kier molecular flexibility index (Phi) is 11.9. The molecule has 50 heavy (non-hydrogen) atoms. The lowest BCUT2D eigenvalue weighted by molar-refractivity contribution is -0.140. The minimum absolute atomic E-state index is 0.0469. The zero-order valence-corrected chi connectivity index (χ0v) is 29.1. The molecular formula is C38H39ClF3N3O4S. The van der Waals surface area contributed by atoms with Crippen molar-refractivity contribution < 1.29 is 31.2 Å². The fourth-order valence-electron chi connectivity index (χ4n) is 6.20. The predicted octanol–water partition coefficient (Wildman–Crippen LogP) is 7.95. The van der Waals surface area contributed by atoms with E-state index in [9.17, 15) is 31.2 Å². The van der Waals surface area contributed by atoms with Crippen LogP contribution in [0.15, 0.2) is 108 Å². The monoisotopic (exact) mass is 725 g/mol. The van der Waals surface area contributed by atoms with Gasteiger partial charge < -0.3 is 10.2 Å². The van der Waals surface area contributed by atoms with Crippen molar-refractivity contribution in [2.24, 2.45) is 0 Å². The quantitative estimate of drug-likeness (QED) is 0.161. The lowest BCUT2D eigenvalue weighted by Gasteiger charge is -2.35. The summed E-state index contributed by atoms with van der Waals surface area (Å²) in [6.07, 6.45) is -0.158. The number of hydrogen-bond donors (Lipinski definition) is 1. The maximum absolute atomic E-state index is 14.7. The highest BCUT2D eigenvalue weighted by molar-refractivity contribution is 7.92. The summed E-state index contributed by atoms with van der Waals surface area (Å²) in [5.41, 5.74) is 0.703. The van der Waals surface area contributed by atoms with Crippen LogP contribution in [-0.2, 0) is 38.8 Å². The minimum Gasteiger partial charge on any atom is -0.352 e. The summed E-state index contributed by atoms with van der Waals surface area (Å²) >= 11 is 5.90. The molecule has 0 aromatic heterocycles. The highest BCUT2D eigenvalue weighted by Gasteiger charge is 2.38. The van der Waals surface area contributed by atoms with Gasteiger partial charge in [0.25, 0.3) is 10.0 Å².